The summed E-state index contributed by atoms with van der Waals surface area (Å²) in [4.78, 5) is 26.6. The second-order valence-corrected chi connectivity index (χ2v) is 8.04. The Morgan fingerprint density at radius 3 is 2.62 bits per heavy atom. The van der Waals surface area contributed by atoms with Gasteiger partial charge in [-0.2, -0.15) is 5.26 Å². The number of halogens is 2. The summed E-state index contributed by atoms with van der Waals surface area (Å²) in [5.41, 5.74) is -0.0626. The number of rotatable bonds is 1. The van der Waals surface area contributed by atoms with Crippen LogP contribution >= 0.6 is 0 Å². The first-order valence-corrected chi connectivity index (χ1v) is 10.4. The van der Waals surface area contributed by atoms with Crippen molar-refractivity contribution in [2.24, 2.45) is 0 Å². The predicted molar refractivity (Wildman–Crippen MR) is 116 cm³/mol. The lowest BCUT2D eigenvalue weighted by Crippen LogP contribution is -2.62. The monoisotopic (exact) mass is 464 g/mol. The summed E-state index contributed by atoms with van der Waals surface area (Å²) in [6.45, 7) is 0.0744. The standard InChI is InChI=1S/C24H18F2N4O4/c1-28-20-7-9-34-19-11-17(26)16(25)10-15(19)21(14-5-3-2-4-13(14)12-27)30(20)29-8-6-18(31)23(32)22(29)24(28)33/h2-6,8,10-11,20-21,32H,7,9H2,1H3/t20?,21-/m1/s1. The molecule has 0 fully saturated rings. The molecule has 1 N–H and O–H groups in total. The van der Waals surface area contributed by atoms with Crippen molar-refractivity contribution in [2.45, 2.75) is 18.6 Å². The van der Waals surface area contributed by atoms with Crippen molar-refractivity contribution in [1.29, 1.82) is 5.26 Å². The van der Waals surface area contributed by atoms with E-state index in [2.05, 4.69) is 6.07 Å². The number of hydrogen-bond donors (Lipinski definition) is 1. The number of fused-ring (bicyclic) bond motifs is 4. The molecule has 172 valence electrons. The molecule has 2 aliphatic rings. The van der Waals surface area contributed by atoms with E-state index in [-0.39, 0.29) is 35.6 Å². The van der Waals surface area contributed by atoms with Crippen molar-refractivity contribution in [1.82, 2.24) is 9.58 Å². The molecule has 3 aromatic rings. The van der Waals surface area contributed by atoms with E-state index in [4.69, 9.17) is 4.74 Å². The quantitative estimate of drug-likeness (QED) is 0.595. The van der Waals surface area contributed by atoms with Gasteiger partial charge in [-0.25, -0.2) is 8.78 Å². The van der Waals surface area contributed by atoms with Gasteiger partial charge < -0.3 is 14.7 Å². The van der Waals surface area contributed by atoms with E-state index >= 15 is 0 Å². The number of carbonyl (C=O) groups is 1. The van der Waals surface area contributed by atoms with Crippen molar-refractivity contribution < 1.29 is 23.4 Å². The first-order valence-electron chi connectivity index (χ1n) is 10.4. The lowest BCUT2D eigenvalue weighted by molar-refractivity contribution is 0.0573. The van der Waals surface area contributed by atoms with Gasteiger partial charge >= 0.3 is 0 Å². The third kappa shape index (κ3) is 3.08. The molecule has 10 heteroatoms. The fourth-order valence-electron chi connectivity index (χ4n) is 4.60. The molecule has 0 bridgehead atoms. The van der Waals surface area contributed by atoms with E-state index in [0.29, 0.717) is 5.56 Å². The van der Waals surface area contributed by atoms with Gasteiger partial charge in [0.1, 0.15) is 18.0 Å². The van der Waals surface area contributed by atoms with Crippen LogP contribution in [0.5, 0.6) is 11.5 Å². The third-order valence-electron chi connectivity index (χ3n) is 6.20. The van der Waals surface area contributed by atoms with Crippen LogP contribution < -0.4 is 15.2 Å². The third-order valence-corrected chi connectivity index (χ3v) is 6.20. The lowest BCUT2D eigenvalue weighted by Gasteiger charge is -2.50. The Balaban J connectivity index is 1.89. The Labute approximate surface area is 192 Å². The van der Waals surface area contributed by atoms with Crippen LogP contribution in [0.3, 0.4) is 0 Å². The van der Waals surface area contributed by atoms with Crippen LogP contribution in [0.1, 0.15) is 39.6 Å². The minimum Gasteiger partial charge on any atom is -0.502 e. The highest BCUT2D eigenvalue weighted by molar-refractivity contribution is 5.96. The maximum Gasteiger partial charge on any atom is 0.277 e. The van der Waals surface area contributed by atoms with Gasteiger partial charge in [-0.1, -0.05) is 18.2 Å². The molecule has 34 heavy (non-hydrogen) atoms. The van der Waals surface area contributed by atoms with E-state index in [1.165, 1.54) is 22.8 Å². The highest BCUT2D eigenvalue weighted by atomic mass is 19.2. The molecule has 0 radical (unpaired) electrons. The fourth-order valence-corrected chi connectivity index (χ4v) is 4.60. The van der Waals surface area contributed by atoms with Gasteiger partial charge in [-0.15, -0.1) is 0 Å². The van der Waals surface area contributed by atoms with Crippen LogP contribution in [0.15, 0.2) is 53.5 Å². The van der Waals surface area contributed by atoms with E-state index in [9.17, 15) is 28.7 Å². The Hall–Kier alpha value is -4.39. The molecule has 0 saturated heterocycles. The number of aromatic hydroxyl groups is 1. The highest BCUT2D eigenvalue weighted by Crippen LogP contribution is 2.42. The molecule has 2 aromatic carbocycles. The molecule has 0 spiro atoms. The summed E-state index contributed by atoms with van der Waals surface area (Å²) < 4.78 is 35.8. The number of nitriles is 1. The van der Waals surface area contributed by atoms with E-state index in [1.54, 1.807) is 29.3 Å². The largest absolute Gasteiger partial charge is 0.502 e. The van der Waals surface area contributed by atoms with Crippen molar-refractivity contribution >= 4 is 5.91 Å². The van der Waals surface area contributed by atoms with Crippen molar-refractivity contribution in [3.05, 3.63) is 92.9 Å². The predicted octanol–water partition coefficient (Wildman–Crippen LogP) is 2.63. The van der Waals surface area contributed by atoms with Crippen molar-refractivity contribution in [2.75, 3.05) is 18.7 Å². The van der Waals surface area contributed by atoms with Crippen LogP contribution in [-0.2, 0) is 0 Å². The molecule has 5 rings (SSSR count). The van der Waals surface area contributed by atoms with E-state index in [1.807, 2.05) is 0 Å². The second-order valence-electron chi connectivity index (χ2n) is 8.04. The topological polar surface area (TPSA) is 98.8 Å². The molecular formula is C24H18F2N4O4. The molecule has 0 aliphatic carbocycles. The zero-order valence-electron chi connectivity index (χ0n) is 17.9. The van der Waals surface area contributed by atoms with Crippen LogP contribution in [0.4, 0.5) is 8.78 Å². The number of benzene rings is 2. The smallest absolute Gasteiger partial charge is 0.277 e. The van der Waals surface area contributed by atoms with Gasteiger partial charge in [0.05, 0.1) is 18.2 Å². The van der Waals surface area contributed by atoms with Gasteiger partial charge in [0.2, 0.25) is 5.43 Å². The minimum absolute atomic E-state index is 0.0744. The van der Waals surface area contributed by atoms with Crippen molar-refractivity contribution in [3.63, 3.8) is 0 Å². The Bertz CT molecular complexity index is 1430. The molecular weight excluding hydrogens is 446 g/mol. The maximum atomic E-state index is 14.5. The molecule has 2 atom stereocenters. The highest BCUT2D eigenvalue weighted by Gasteiger charge is 2.44. The molecule has 3 heterocycles. The SMILES string of the molecule is CN1C(=O)c2c(O)c(=O)ccn2N2C1CCOc1cc(F)c(F)cc1[C@H]2c1ccccc1C#N. The van der Waals surface area contributed by atoms with Crippen molar-refractivity contribution in [3.8, 4) is 17.6 Å². The number of pyridine rings is 1. The zero-order valence-corrected chi connectivity index (χ0v) is 17.9. The van der Waals surface area contributed by atoms with Crippen LogP contribution in [0, 0.1) is 23.0 Å². The number of amides is 1. The number of carbonyl (C=O) groups excluding carboxylic acids is 1. The van der Waals surface area contributed by atoms with Crippen LogP contribution in [0.25, 0.3) is 0 Å². The molecule has 2 aliphatic heterocycles. The van der Waals surface area contributed by atoms with E-state index < -0.39 is 40.9 Å². The zero-order chi connectivity index (χ0) is 24.1. The molecule has 1 aromatic heterocycles. The van der Waals surface area contributed by atoms with Crippen LogP contribution in [0.2, 0.25) is 0 Å². The normalized spacial score (nSPS) is 19.2. The minimum atomic E-state index is -1.11. The maximum absolute atomic E-state index is 14.5. The Kier molecular flexibility index (Phi) is 4.97. The lowest BCUT2D eigenvalue weighted by atomic mass is 9.92. The number of hydrogen-bond acceptors (Lipinski definition) is 6. The van der Waals surface area contributed by atoms with Gasteiger partial charge in [0.15, 0.2) is 23.1 Å². The Morgan fingerprint density at radius 1 is 1.12 bits per heavy atom. The van der Waals surface area contributed by atoms with Gasteiger partial charge in [-0.3, -0.25) is 19.3 Å². The molecule has 1 unspecified atom stereocenters. The molecule has 1 amide bonds. The first kappa shape index (κ1) is 21.5. The second kappa shape index (κ2) is 7.88. The average molecular weight is 464 g/mol. The first-order chi connectivity index (χ1) is 16.3. The number of aromatic nitrogens is 1. The van der Waals surface area contributed by atoms with Gasteiger partial charge in [-0.05, 0) is 17.7 Å². The van der Waals surface area contributed by atoms with E-state index in [0.717, 1.165) is 18.2 Å². The summed E-state index contributed by atoms with van der Waals surface area (Å²) in [6, 6.07) is 10.9. The van der Waals surface area contributed by atoms with Gasteiger partial charge in [0, 0.05) is 37.4 Å². The summed E-state index contributed by atoms with van der Waals surface area (Å²) in [6.07, 6.45) is 0.942. The Morgan fingerprint density at radius 2 is 1.85 bits per heavy atom. The summed E-state index contributed by atoms with van der Waals surface area (Å²) in [5, 5.41) is 22.0. The molecule has 8 nitrogen and oxygen atoms in total. The summed E-state index contributed by atoms with van der Waals surface area (Å²) >= 11 is 0. The average Bonchev–Trinajstić information content (AvgIpc) is 2.82. The van der Waals surface area contributed by atoms with Crippen LogP contribution in [-0.4, -0.2) is 40.4 Å². The summed E-state index contributed by atoms with van der Waals surface area (Å²) in [7, 11) is 1.52. The summed E-state index contributed by atoms with van der Waals surface area (Å²) in [5.74, 6) is -3.43. The molecule has 0 saturated carbocycles. The van der Waals surface area contributed by atoms with Gasteiger partial charge in [0.25, 0.3) is 5.91 Å². The number of ether oxygens (including phenoxy) is 1. The number of nitrogens with zero attached hydrogens (tertiary/aromatic N) is 4. The fraction of sp³-hybridized carbons (Fsp3) is 0.208.